The number of alkyl halides is 3. The lowest BCUT2D eigenvalue weighted by atomic mass is 10.0. The van der Waals surface area contributed by atoms with Crippen LogP contribution in [-0.2, 0) is 21.6 Å². The first kappa shape index (κ1) is 20.8. The number of sulfone groups is 1. The molecule has 0 aliphatic rings. The lowest BCUT2D eigenvalue weighted by Crippen LogP contribution is -2.31. The van der Waals surface area contributed by atoms with Crippen LogP contribution in [0.15, 0.2) is 47.4 Å². The number of aromatic nitrogens is 1. The second-order valence-electron chi connectivity index (χ2n) is 6.76. The van der Waals surface area contributed by atoms with Crippen molar-refractivity contribution >= 4 is 20.7 Å². The van der Waals surface area contributed by atoms with Crippen molar-refractivity contribution in [2.75, 3.05) is 5.75 Å². The van der Waals surface area contributed by atoms with Gasteiger partial charge in [-0.25, -0.2) is 12.8 Å². The van der Waals surface area contributed by atoms with E-state index in [1.54, 1.807) is 0 Å². The predicted molar refractivity (Wildman–Crippen MR) is 96.0 cm³/mol. The van der Waals surface area contributed by atoms with Gasteiger partial charge in [0.1, 0.15) is 11.4 Å². The van der Waals surface area contributed by atoms with Gasteiger partial charge >= 0.3 is 6.18 Å². The second kappa shape index (κ2) is 6.86. The van der Waals surface area contributed by atoms with E-state index >= 15 is 0 Å². The van der Waals surface area contributed by atoms with Gasteiger partial charge < -0.3 is 10.1 Å². The largest absolute Gasteiger partial charge is 0.417 e. The highest BCUT2D eigenvalue weighted by Crippen LogP contribution is 2.36. The topological polar surface area (TPSA) is 93.9 Å². The summed E-state index contributed by atoms with van der Waals surface area (Å²) in [4.78, 5) is 2.39. The number of fused-ring (bicyclic) bond motifs is 1. The van der Waals surface area contributed by atoms with E-state index in [0.29, 0.717) is 0 Å². The van der Waals surface area contributed by atoms with E-state index in [0.717, 1.165) is 36.4 Å². The molecule has 152 valence electrons. The van der Waals surface area contributed by atoms with Gasteiger partial charge in [-0.05, 0) is 49.4 Å². The van der Waals surface area contributed by atoms with Crippen LogP contribution in [0.3, 0.4) is 0 Å². The molecule has 1 aromatic heterocycles. The molecule has 0 fully saturated rings. The van der Waals surface area contributed by atoms with Crippen LogP contribution in [0.2, 0.25) is 0 Å². The van der Waals surface area contributed by atoms with Crippen molar-refractivity contribution in [3.63, 3.8) is 0 Å². The van der Waals surface area contributed by atoms with E-state index in [2.05, 4.69) is 4.98 Å². The Morgan fingerprint density at radius 2 is 1.76 bits per heavy atom. The summed E-state index contributed by atoms with van der Waals surface area (Å²) in [7, 11) is -4.03. The zero-order valence-electron chi connectivity index (χ0n) is 14.9. The first-order valence-corrected chi connectivity index (χ1v) is 9.84. The van der Waals surface area contributed by atoms with Crippen LogP contribution in [0.25, 0.3) is 10.9 Å². The first-order chi connectivity index (χ1) is 13.3. The third-order valence-electron chi connectivity index (χ3n) is 4.41. The van der Waals surface area contributed by atoms with Crippen molar-refractivity contribution in [2.45, 2.75) is 23.6 Å². The molecule has 3 aromatic rings. The van der Waals surface area contributed by atoms with Gasteiger partial charge in [-0.1, -0.05) is 0 Å². The smallest absolute Gasteiger partial charge is 0.383 e. The summed E-state index contributed by atoms with van der Waals surface area (Å²) in [6, 6.07) is 8.57. The number of H-pyrrole nitrogens is 1. The predicted octanol–water partition coefficient (Wildman–Crippen LogP) is 3.88. The monoisotopic (exact) mass is 426 g/mol. The van der Waals surface area contributed by atoms with Crippen molar-refractivity contribution in [1.82, 2.24) is 4.98 Å². The fourth-order valence-corrected chi connectivity index (χ4v) is 4.58. The lowest BCUT2D eigenvalue weighted by Gasteiger charge is -2.22. The number of rotatable bonds is 4. The number of aromatic amines is 1. The SMILES string of the molecule is CC(O)(CS(=O)(=O)c1ccc(F)cc1)c1cc2cc(C#N)c(C(F)(F)F)cc2[nH]1. The molecule has 1 atom stereocenters. The van der Waals surface area contributed by atoms with E-state index in [9.17, 15) is 31.1 Å². The first-order valence-electron chi connectivity index (χ1n) is 8.19. The number of nitrogens with one attached hydrogen (secondary N) is 1. The molecule has 5 nitrogen and oxygen atoms in total. The average Bonchev–Trinajstić information content (AvgIpc) is 3.03. The van der Waals surface area contributed by atoms with E-state index in [4.69, 9.17) is 5.26 Å². The van der Waals surface area contributed by atoms with E-state index < -0.39 is 44.3 Å². The van der Waals surface area contributed by atoms with Crippen LogP contribution in [-0.4, -0.2) is 24.3 Å². The van der Waals surface area contributed by atoms with Crippen molar-refractivity contribution in [1.29, 1.82) is 5.26 Å². The van der Waals surface area contributed by atoms with Gasteiger partial charge in [-0.2, -0.15) is 18.4 Å². The minimum Gasteiger partial charge on any atom is -0.383 e. The molecule has 10 heteroatoms. The Labute approximate surface area is 163 Å². The molecular weight excluding hydrogens is 412 g/mol. The molecule has 0 amide bonds. The Bertz CT molecular complexity index is 1220. The molecule has 3 rings (SSSR count). The number of benzene rings is 2. The summed E-state index contributed by atoms with van der Waals surface area (Å²) >= 11 is 0. The molecule has 2 N–H and O–H groups in total. The van der Waals surface area contributed by atoms with Gasteiger partial charge in [0.05, 0.1) is 27.8 Å². The Hall–Kier alpha value is -2.90. The van der Waals surface area contributed by atoms with Crippen LogP contribution < -0.4 is 0 Å². The molecule has 0 aliphatic heterocycles. The quantitative estimate of drug-likeness (QED) is 0.489. The second-order valence-corrected chi connectivity index (χ2v) is 8.75. The molecule has 0 bridgehead atoms. The minimum atomic E-state index is -4.75. The van der Waals surface area contributed by atoms with Crippen molar-refractivity contribution in [2.24, 2.45) is 0 Å². The maximum Gasteiger partial charge on any atom is 0.417 e. The number of nitrogens with zero attached hydrogens (tertiary/aromatic N) is 1. The van der Waals surface area contributed by atoms with Gasteiger partial charge in [-0.15, -0.1) is 0 Å². The number of halogens is 4. The molecule has 0 saturated carbocycles. The molecular formula is C19H14F4N2O3S. The highest BCUT2D eigenvalue weighted by molar-refractivity contribution is 7.91. The number of hydrogen-bond donors (Lipinski definition) is 2. The van der Waals surface area contributed by atoms with Crippen molar-refractivity contribution in [3.8, 4) is 6.07 Å². The summed E-state index contributed by atoms with van der Waals surface area (Å²) in [6.07, 6.45) is -4.75. The summed E-state index contributed by atoms with van der Waals surface area (Å²) in [5, 5.41) is 19.9. The third-order valence-corrected chi connectivity index (χ3v) is 6.34. The van der Waals surface area contributed by atoms with Gasteiger partial charge in [0.2, 0.25) is 0 Å². The van der Waals surface area contributed by atoms with Crippen LogP contribution in [0.4, 0.5) is 17.6 Å². The average molecular weight is 426 g/mol. The zero-order chi connectivity index (χ0) is 21.6. The molecule has 1 heterocycles. The molecule has 0 spiro atoms. The Balaban J connectivity index is 2.02. The highest BCUT2D eigenvalue weighted by atomic mass is 32.2. The van der Waals surface area contributed by atoms with Crippen LogP contribution >= 0.6 is 0 Å². The molecule has 0 saturated heterocycles. The summed E-state index contributed by atoms with van der Waals surface area (Å²) < 4.78 is 77.5. The third kappa shape index (κ3) is 4.11. The minimum absolute atomic E-state index is 0.00854. The highest BCUT2D eigenvalue weighted by Gasteiger charge is 2.36. The fraction of sp³-hybridized carbons (Fsp3) is 0.211. The standard InChI is InChI=1S/C19H14F4N2O3S/c1-18(26,10-29(27,28)14-4-2-13(20)3-5-14)17-7-11-6-12(9-24)15(19(21,22)23)8-16(11)25-17/h2-8,25-26H,10H2,1H3. The van der Waals surface area contributed by atoms with Crippen molar-refractivity contribution in [3.05, 3.63) is 65.1 Å². The molecule has 0 aliphatic carbocycles. The molecule has 1 unspecified atom stereocenters. The van der Waals surface area contributed by atoms with Gasteiger partial charge in [0.25, 0.3) is 0 Å². The van der Waals surface area contributed by atoms with Crippen LogP contribution in [0.5, 0.6) is 0 Å². The molecule has 2 aromatic carbocycles. The van der Waals surface area contributed by atoms with E-state index in [1.807, 2.05) is 0 Å². The number of nitriles is 1. The fourth-order valence-electron chi connectivity index (χ4n) is 2.97. The maximum atomic E-state index is 13.1. The normalized spacial score (nSPS) is 14.5. The van der Waals surface area contributed by atoms with Crippen molar-refractivity contribution < 1.29 is 31.1 Å². The number of aliphatic hydroxyl groups is 1. The van der Waals surface area contributed by atoms with Gasteiger partial charge in [-0.3, -0.25) is 0 Å². The summed E-state index contributed by atoms with van der Waals surface area (Å²) in [5.41, 5.74) is -3.77. The Morgan fingerprint density at radius 3 is 2.31 bits per heavy atom. The number of hydrogen-bond acceptors (Lipinski definition) is 4. The Morgan fingerprint density at radius 1 is 1.14 bits per heavy atom. The Kier molecular flexibility index (Phi) is 4.93. The molecule has 29 heavy (non-hydrogen) atoms. The lowest BCUT2D eigenvalue weighted by molar-refractivity contribution is -0.137. The van der Waals surface area contributed by atoms with Crippen LogP contribution in [0, 0.1) is 17.1 Å². The zero-order valence-corrected chi connectivity index (χ0v) is 15.7. The van der Waals surface area contributed by atoms with Crippen LogP contribution in [0.1, 0.15) is 23.7 Å². The van der Waals surface area contributed by atoms with Gasteiger partial charge in [0.15, 0.2) is 9.84 Å². The van der Waals surface area contributed by atoms with E-state index in [1.165, 1.54) is 19.1 Å². The summed E-state index contributed by atoms with van der Waals surface area (Å²) in [5.74, 6) is -1.42. The maximum absolute atomic E-state index is 13.1. The van der Waals surface area contributed by atoms with Gasteiger partial charge in [0, 0.05) is 16.6 Å². The van der Waals surface area contributed by atoms with E-state index in [-0.39, 0.29) is 21.5 Å². The molecule has 0 radical (unpaired) electrons. The summed E-state index contributed by atoms with van der Waals surface area (Å²) in [6.45, 7) is 1.19.